The molecule has 0 fully saturated rings. The molecule has 0 aliphatic heterocycles. The van der Waals surface area contributed by atoms with E-state index in [9.17, 15) is 4.79 Å². The third-order valence-electron chi connectivity index (χ3n) is 2.89. The van der Waals surface area contributed by atoms with Crippen LogP contribution >= 0.6 is 0 Å². The minimum Gasteiger partial charge on any atom is -0.379 e. The smallest absolute Gasteiger partial charge is 0.314 e. The molecule has 126 valence electrons. The van der Waals surface area contributed by atoms with Gasteiger partial charge in [0, 0.05) is 19.7 Å². The lowest BCUT2D eigenvalue weighted by Gasteiger charge is -2.10. The number of carbonyl (C=O) groups is 1. The molecule has 2 N–H and O–H groups in total. The van der Waals surface area contributed by atoms with Crippen LogP contribution in [0.15, 0.2) is 0 Å². The Hall–Kier alpha value is -0.810. The molecule has 0 heterocycles. The number of amides is 2. The molecular weight excluding hydrogens is 268 g/mol. The second kappa shape index (κ2) is 14.1. The Bertz CT molecular complexity index is 246. The summed E-state index contributed by atoms with van der Waals surface area (Å²) in [7, 11) is 0. The van der Waals surface area contributed by atoms with E-state index in [0.717, 1.165) is 18.9 Å². The number of nitrogens with one attached hydrogen (secondary N) is 2. The van der Waals surface area contributed by atoms with Crippen molar-refractivity contribution in [3.63, 3.8) is 0 Å². The van der Waals surface area contributed by atoms with E-state index in [1.165, 1.54) is 12.8 Å². The van der Waals surface area contributed by atoms with Crippen molar-refractivity contribution in [2.45, 2.75) is 47.0 Å². The average molecular weight is 302 g/mol. The molecule has 0 spiro atoms. The molecular formula is C16H34N2O3. The van der Waals surface area contributed by atoms with Gasteiger partial charge in [-0.3, -0.25) is 0 Å². The summed E-state index contributed by atoms with van der Waals surface area (Å²) in [5.41, 5.74) is 0. The highest BCUT2D eigenvalue weighted by molar-refractivity contribution is 5.73. The first kappa shape index (κ1) is 20.2. The van der Waals surface area contributed by atoms with Crippen LogP contribution in [0, 0.1) is 11.8 Å². The number of unbranched alkanes of at least 4 members (excludes halogenated alkanes) is 1. The van der Waals surface area contributed by atoms with Crippen molar-refractivity contribution in [1.29, 1.82) is 0 Å². The molecule has 0 aromatic heterocycles. The van der Waals surface area contributed by atoms with Crippen LogP contribution in [0.4, 0.5) is 4.79 Å². The number of carbonyl (C=O) groups excluding carboxylic acids is 1. The van der Waals surface area contributed by atoms with Gasteiger partial charge in [0.25, 0.3) is 0 Å². The Balaban J connectivity index is 3.13. The normalized spacial score (nSPS) is 11.1. The fourth-order valence-electron chi connectivity index (χ4n) is 1.67. The molecule has 0 radical (unpaired) electrons. The summed E-state index contributed by atoms with van der Waals surface area (Å²) in [6, 6.07) is -0.131. The minimum absolute atomic E-state index is 0.131. The number of rotatable bonds is 13. The van der Waals surface area contributed by atoms with Crippen LogP contribution in [0.5, 0.6) is 0 Å². The number of ether oxygens (including phenoxy) is 2. The van der Waals surface area contributed by atoms with Crippen LogP contribution < -0.4 is 10.6 Å². The first-order valence-electron chi connectivity index (χ1n) is 8.19. The zero-order valence-corrected chi connectivity index (χ0v) is 14.2. The summed E-state index contributed by atoms with van der Waals surface area (Å²) >= 11 is 0. The fourth-order valence-corrected chi connectivity index (χ4v) is 1.67. The maximum atomic E-state index is 11.3. The van der Waals surface area contributed by atoms with Crippen molar-refractivity contribution in [3.8, 4) is 0 Å². The molecule has 0 saturated heterocycles. The summed E-state index contributed by atoms with van der Waals surface area (Å²) in [6.45, 7) is 12.4. The quantitative estimate of drug-likeness (QED) is 0.514. The molecule has 0 atom stereocenters. The van der Waals surface area contributed by atoms with Gasteiger partial charge in [-0.2, -0.15) is 0 Å². The first-order chi connectivity index (χ1) is 10.0. The van der Waals surface area contributed by atoms with Gasteiger partial charge in [-0.05, 0) is 18.3 Å². The largest absolute Gasteiger partial charge is 0.379 e. The van der Waals surface area contributed by atoms with Gasteiger partial charge >= 0.3 is 6.03 Å². The molecule has 0 aromatic carbocycles. The molecule has 2 amide bonds. The van der Waals surface area contributed by atoms with Crippen molar-refractivity contribution in [2.24, 2.45) is 11.8 Å². The second-order valence-electron chi connectivity index (χ2n) is 6.15. The topological polar surface area (TPSA) is 59.6 Å². The molecule has 0 aromatic rings. The monoisotopic (exact) mass is 302 g/mol. The minimum atomic E-state index is -0.131. The van der Waals surface area contributed by atoms with Crippen molar-refractivity contribution in [2.75, 3.05) is 39.5 Å². The predicted molar refractivity (Wildman–Crippen MR) is 86.6 cm³/mol. The van der Waals surface area contributed by atoms with Gasteiger partial charge in [0.1, 0.15) is 0 Å². The standard InChI is InChI=1S/C16H34N2O3/c1-14(2)7-5-6-9-20-11-12-21-10-8-17-16(19)18-13-15(3)4/h14-15H,5-13H2,1-4H3,(H2,17,18,19). The first-order valence-corrected chi connectivity index (χ1v) is 8.19. The molecule has 5 heteroatoms. The highest BCUT2D eigenvalue weighted by atomic mass is 16.5. The third-order valence-corrected chi connectivity index (χ3v) is 2.89. The van der Waals surface area contributed by atoms with Crippen molar-refractivity contribution in [3.05, 3.63) is 0 Å². The zero-order valence-electron chi connectivity index (χ0n) is 14.2. The van der Waals surface area contributed by atoms with E-state index in [1.807, 2.05) is 0 Å². The van der Waals surface area contributed by atoms with Gasteiger partial charge in [-0.25, -0.2) is 4.79 Å². The van der Waals surface area contributed by atoms with Gasteiger partial charge in [-0.1, -0.05) is 40.5 Å². The summed E-state index contributed by atoms with van der Waals surface area (Å²) in [4.78, 5) is 11.3. The lowest BCUT2D eigenvalue weighted by Crippen LogP contribution is -2.39. The lowest BCUT2D eigenvalue weighted by atomic mass is 10.1. The zero-order chi connectivity index (χ0) is 15.9. The summed E-state index contributed by atoms with van der Waals surface area (Å²) in [6.07, 6.45) is 3.62. The van der Waals surface area contributed by atoms with E-state index in [2.05, 4.69) is 38.3 Å². The number of hydrogen-bond donors (Lipinski definition) is 2. The SMILES string of the molecule is CC(C)CCCCOCCOCCNC(=O)NCC(C)C. The Morgan fingerprint density at radius 3 is 2.14 bits per heavy atom. The van der Waals surface area contributed by atoms with Crippen LogP contribution in [-0.4, -0.2) is 45.5 Å². The van der Waals surface area contributed by atoms with Crippen LogP contribution in [-0.2, 0) is 9.47 Å². The Morgan fingerprint density at radius 2 is 1.52 bits per heavy atom. The van der Waals surface area contributed by atoms with Crippen LogP contribution in [0.2, 0.25) is 0 Å². The van der Waals surface area contributed by atoms with Gasteiger partial charge in [-0.15, -0.1) is 0 Å². The van der Waals surface area contributed by atoms with E-state index in [4.69, 9.17) is 9.47 Å². The molecule has 0 aliphatic rings. The van der Waals surface area contributed by atoms with E-state index in [0.29, 0.717) is 38.8 Å². The maximum absolute atomic E-state index is 11.3. The highest BCUT2D eigenvalue weighted by Crippen LogP contribution is 2.05. The second-order valence-corrected chi connectivity index (χ2v) is 6.15. The van der Waals surface area contributed by atoms with E-state index in [1.54, 1.807) is 0 Å². The predicted octanol–water partition coefficient (Wildman–Crippen LogP) is 2.80. The van der Waals surface area contributed by atoms with Crippen LogP contribution in [0.3, 0.4) is 0 Å². The summed E-state index contributed by atoms with van der Waals surface area (Å²) < 4.78 is 10.9. The van der Waals surface area contributed by atoms with Gasteiger partial charge in [0.15, 0.2) is 0 Å². The Labute approximate surface area is 130 Å². The van der Waals surface area contributed by atoms with Gasteiger partial charge in [0.05, 0.1) is 19.8 Å². The summed E-state index contributed by atoms with van der Waals surface area (Å²) in [5.74, 6) is 1.24. The highest BCUT2D eigenvalue weighted by Gasteiger charge is 2.00. The van der Waals surface area contributed by atoms with E-state index in [-0.39, 0.29) is 6.03 Å². The Kier molecular flexibility index (Phi) is 13.6. The molecule has 21 heavy (non-hydrogen) atoms. The molecule has 0 bridgehead atoms. The third kappa shape index (κ3) is 17.1. The molecule has 0 unspecified atom stereocenters. The van der Waals surface area contributed by atoms with Gasteiger partial charge < -0.3 is 20.1 Å². The molecule has 0 aliphatic carbocycles. The van der Waals surface area contributed by atoms with Crippen LogP contribution in [0.1, 0.15) is 47.0 Å². The van der Waals surface area contributed by atoms with Crippen molar-refractivity contribution >= 4 is 6.03 Å². The Morgan fingerprint density at radius 1 is 0.857 bits per heavy atom. The molecule has 5 nitrogen and oxygen atoms in total. The van der Waals surface area contributed by atoms with E-state index < -0.39 is 0 Å². The molecule has 0 rings (SSSR count). The number of hydrogen-bond acceptors (Lipinski definition) is 3. The van der Waals surface area contributed by atoms with Crippen molar-refractivity contribution in [1.82, 2.24) is 10.6 Å². The number of urea groups is 1. The van der Waals surface area contributed by atoms with Crippen LogP contribution in [0.25, 0.3) is 0 Å². The fraction of sp³-hybridized carbons (Fsp3) is 0.938. The molecule has 0 saturated carbocycles. The maximum Gasteiger partial charge on any atom is 0.314 e. The average Bonchev–Trinajstić information content (AvgIpc) is 2.42. The van der Waals surface area contributed by atoms with Gasteiger partial charge in [0.2, 0.25) is 0 Å². The van der Waals surface area contributed by atoms with E-state index >= 15 is 0 Å². The summed E-state index contributed by atoms with van der Waals surface area (Å²) in [5, 5.41) is 5.54. The lowest BCUT2D eigenvalue weighted by molar-refractivity contribution is 0.0477. The van der Waals surface area contributed by atoms with Crippen molar-refractivity contribution < 1.29 is 14.3 Å².